The number of epoxide rings is 1. The fraction of sp³-hybridized carbons (Fsp3) is 0.393. The molecule has 0 N–H and O–H groups in total. The monoisotopic (exact) mass is 641 g/mol. The number of carbonyl (C=O) groups excluding carboxylic acids is 3. The van der Waals surface area contributed by atoms with Gasteiger partial charge in [0.2, 0.25) is 0 Å². The van der Waals surface area contributed by atoms with Crippen LogP contribution in [0.5, 0.6) is 0 Å². The van der Waals surface area contributed by atoms with Crippen LogP contribution < -0.4 is 0 Å². The smallest absolute Gasteiger partial charge is 0.253 e. The molecule has 3 fully saturated rings. The van der Waals surface area contributed by atoms with Crippen LogP contribution in [0.2, 0.25) is 10.0 Å². The van der Waals surface area contributed by atoms with E-state index < -0.39 is 114 Å². The number of amides is 2. The van der Waals surface area contributed by atoms with Gasteiger partial charge in [0.1, 0.15) is 28.9 Å². The summed E-state index contributed by atoms with van der Waals surface area (Å²) in [5.41, 5.74) is -4.19. The van der Waals surface area contributed by atoms with Crippen LogP contribution in [0.3, 0.4) is 0 Å². The van der Waals surface area contributed by atoms with Crippen molar-refractivity contribution in [2.45, 2.75) is 37.2 Å². The zero-order chi connectivity index (χ0) is 45.4. The minimum atomic E-state index is -3.58. The molecule has 0 bridgehead atoms. The number of likely N-dealkylation sites (tertiary alicyclic amines) is 2. The van der Waals surface area contributed by atoms with E-state index >= 15 is 0 Å². The molecule has 2 aromatic rings. The number of nitrogens with zero attached hydrogens (tertiary/aromatic N) is 4. The lowest BCUT2D eigenvalue weighted by atomic mass is 9.93. The molecule has 2 aromatic carbocycles. The van der Waals surface area contributed by atoms with Crippen LogP contribution in [-0.4, -0.2) is 70.9 Å². The number of nitriles is 2. The predicted molar refractivity (Wildman–Crippen MR) is 148 cm³/mol. The molecule has 2 amide bonds. The fourth-order valence-electron chi connectivity index (χ4n) is 2.71. The molecule has 3 saturated heterocycles. The summed E-state index contributed by atoms with van der Waals surface area (Å²) in [6, 6.07) is 7.68. The lowest BCUT2D eigenvalue weighted by Crippen LogP contribution is -2.42. The van der Waals surface area contributed by atoms with E-state index in [2.05, 4.69) is 0 Å². The molecule has 41 heavy (non-hydrogen) atoms. The van der Waals surface area contributed by atoms with Crippen molar-refractivity contribution in [2.24, 2.45) is 0 Å². The summed E-state index contributed by atoms with van der Waals surface area (Å²) in [4.78, 5) is 36.9. The number of benzene rings is 2. The molecular weight excluding hydrogens is 601 g/mol. The van der Waals surface area contributed by atoms with E-state index in [1.807, 2.05) is 0 Å². The van der Waals surface area contributed by atoms with Crippen LogP contribution in [-0.2, 0) is 9.53 Å². The Kier molecular flexibility index (Phi) is 5.62. The van der Waals surface area contributed by atoms with Crippen molar-refractivity contribution in [2.75, 3.05) is 31.9 Å². The van der Waals surface area contributed by atoms with Gasteiger partial charge in [0, 0.05) is 71.8 Å². The van der Waals surface area contributed by atoms with Crippen LogP contribution in [0.25, 0.3) is 0 Å². The van der Waals surface area contributed by atoms with Gasteiger partial charge in [-0.1, -0.05) is 23.2 Å². The Hall–Kier alpha value is -3.28. The average Bonchev–Trinajstić information content (AvgIpc) is 3.77. The SMILES string of the molecule is N#CCCl.[2H]C1(C#N)OC12C([2H])([2H])C([2H])([2H])N(C(=O)c1ccc(F)c(Cl)c1)C([2H])([2H])C2([2H])[2H].[2H]C1([2H])C(=O)C([2H])([2H])C([2H])([2H])N(C(=O)c2ccc(F)c(Cl)c2)C1([2H])[2H]. The zero-order valence-corrected chi connectivity index (χ0v) is 22.3. The molecule has 3 aliphatic heterocycles. The molecule has 1 atom stereocenters. The van der Waals surface area contributed by atoms with Crippen molar-refractivity contribution < 1.29 is 51.2 Å². The van der Waals surface area contributed by atoms with Crippen LogP contribution >= 0.6 is 34.8 Å². The zero-order valence-electron chi connectivity index (χ0n) is 37.0. The third-order valence-electron chi connectivity index (χ3n) is 4.68. The second-order valence-corrected chi connectivity index (χ2v) is 8.41. The molecule has 13 heteroatoms. The van der Waals surface area contributed by atoms with E-state index in [0.717, 1.165) is 36.4 Å². The highest BCUT2D eigenvalue weighted by Crippen LogP contribution is 2.45. The highest BCUT2D eigenvalue weighted by atomic mass is 35.5. The van der Waals surface area contributed by atoms with Gasteiger partial charge in [-0.15, -0.1) is 11.6 Å². The number of rotatable bonds is 2. The standard InChI is InChI=1S/C14H12ClFN2O2.C12H11ClFNO2.C2H2ClN/c15-10-7-9(1-2-11(10)16)13(19)18-5-3-14(4-6-18)12(8-17)20-14;13-10-7-8(1-2-11(10)14)12(17)15-5-3-9(16)4-6-15;3-1-2-4/h1-2,7,12H,3-6H2;1-2,7H,3-6H2;1H2/i3D2,4D2,5D2,6D2,12D;3D2,4D2,5D2,6D2;. The molecule has 8 nitrogen and oxygen atoms in total. The second kappa shape index (κ2) is 14.6. The van der Waals surface area contributed by atoms with Gasteiger partial charge < -0.3 is 14.5 Å². The van der Waals surface area contributed by atoms with E-state index in [1.165, 1.54) is 6.07 Å². The Balaban J connectivity index is 0.000000287. The number of carbonyl (C=O) groups is 3. The van der Waals surface area contributed by atoms with Gasteiger partial charge in [0.05, 0.1) is 23.6 Å². The molecule has 0 radical (unpaired) electrons. The van der Waals surface area contributed by atoms with Crippen molar-refractivity contribution >= 4 is 52.4 Å². The van der Waals surface area contributed by atoms with Gasteiger partial charge >= 0.3 is 0 Å². The van der Waals surface area contributed by atoms with Gasteiger partial charge in [-0.25, -0.2) is 8.78 Å². The molecule has 5 rings (SSSR count). The summed E-state index contributed by atoms with van der Waals surface area (Å²) in [6.45, 7) is -14.2. The molecule has 3 heterocycles. The van der Waals surface area contributed by atoms with Crippen LogP contribution in [0.4, 0.5) is 8.78 Å². The van der Waals surface area contributed by atoms with Crippen molar-refractivity contribution in [3.8, 4) is 12.1 Å². The van der Waals surface area contributed by atoms with Gasteiger partial charge in [-0.2, -0.15) is 10.5 Å². The van der Waals surface area contributed by atoms with Crippen molar-refractivity contribution in [3.63, 3.8) is 0 Å². The third-order valence-corrected chi connectivity index (χ3v) is 5.38. The number of hydrogen-bond acceptors (Lipinski definition) is 6. The number of hydrogen-bond donors (Lipinski definition) is 0. The van der Waals surface area contributed by atoms with Crippen molar-refractivity contribution in [1.82, 2.24) is 9.80 Å². The Bertz CT molecular complexity index is 2080. The van der Waals surface area contributed by atoms with Gasteiger partial charge in [0.15, 0.2) is 6.08 Å². The van der Waals surface area contributed by atoms with Crippen molar-refractivity contribution in [3.05, 3.63) is 69.2 Å². The molecule has 1 spiro atoms. The molecule has 3 aliphatic rings. The first-order chi connectivity index (χ1) is 26.0. The van der Waals surface area contributed by atoms with E-state index in [-0.39, 0.29) is 15.7 Å². The number of ether oxygens (including phenoxy) is 1. The van der Waals surface area contributed by atoms with E-state index in [9.17, 15) is 23.2 Å². The Labute approximate surface area is 274 Å². The highest BCUT2D eigenvalue weighted by Gasteiger charge is 2.58. The predicted octanol–water partition coefficient (Wildman–Crippen LogP) is 5.41. The Morgan fingerprint density at radius 1 is 0.976 bits per heavy atom. The van der Waals surface area contributed by atoms with E-state index in [0.29, 0.717) is 0 Å². The summed E-state index contributed by atoms with van der Waals surface area (Å²) in [7, 11) is 0. The number of Topliss-reactive ketones (excluding diaryl/α,β-unsaturated/α-hetero) is 1. The van der Waals surface area contributed by atoms with Gasteiger partial charge in [-0.3, -0.25) is 14.4 Å². The third kappa shape index (κ3) is 8.37. The number of halogens is 5. The Morgan fingerprint density at radius 2 is 1.41 bits per heavy atom. The first kappa shape index (κ1) is 15.8. The molecule has 216 valence electrons. The summed E-state index contributed by atoms with van der Waals surface area (Å²) in [6.07, 6.45) is -17.0. The fourth-order valence-corrected chi connectivity index (χ4v) is 3.08. The molecule has 0 saturated carbocycles. The summed E-state index contributed by atoms with van der Waals surface area (Å²) in [5.74, 6) is -6.69. The first-order valence-corrected chi connectivity index (χ1v) is 12.0. The lowest BCUT2D eigenvalue weighted by molar-refractivity contribution is -0.120. The van der Waals surface area contributed by atoms with Crippen LogP contribution in [0.1, 0.15) is 69.5 Å². The minimum Gasteiger partial charge on any atom is -0.350 e. The topological polar surface area (TPSA) is 118 Å². The second-order valence-electron chi connectivity index (χ2n) is 7.33. The summed E-state index contributed by atoms with van der Waals surface area (Å²) >= 11 is 16.0. The summed E-state index contributed by atoms with van der Waals surface area (Å²) < 4.78 is 166. The first-order valence-electron chi connectivity index (χ1n) is 19.2. The largest absolute Gasteiger partial charge is 0.350 e. The lowest BCUT2D eigenvalue weighted by Gasteiger charge is -2.30. The maximum atomic E-state index is 13.4. The molecule has 0 aliphatic carbocycles. The van der Waals surface area contributed by atoms with Crippen LogP contribution in [0.15, 0.2) is 36.4 Å². The van der Waals surface area contributed by atoms with Crippen molar-refractivity contribution in [1.29, 1.82) is 10.5 Å². The maximum absolute atomic E-state index is 13.4. The normalized spacial score (nSPS) is 36.4. The number of piperidine rings is 2. The Morgan fingerprint density at radius 3 is 1.78 bits per heavy atom. The number of alkyl halides is 1. The van der Waals surface area contributed by atoms with Crippen LogP contribution in [0, 0.1) is 34.3 Å². The molecule has 0 aromatic heterocycles. The summed E-state index contributed by atoms with van der Waals surface area (Å²) in [5, 5.41) is 15.6. The van der Waals surface area contributed by atoms with Gasteiger partial charge in [-0.05, 0) is 49.1 Å². The average molecular weight is 643 g/mol. The molecule has 1 unspecified atom stereocenters. The quantitative estimate of drug-likeness (QED) is 0.319. The highest BCUT2D eigenvalue weighted by molar-refractivity contribution is 6.31. The minimum absolute atomic E-state index is 0.0972. The van der Waals surface area contributed by atoms with E-state index in [4.69, 9.17) is 73.4 Å². The van der Waals surface area contributed by atoms with E-state index in [1.54, 1.807) is 6.07 Å². The number of ketones is 1. The van der Waals surface area contributed by atoms with Gasteiger partial charge in [0.25, 0.3) is 11.8 Å². The maximum Gasteiger partial charge on any atom is 0.253 e. The molecular formula is C28H25Cl3F2N4O4.